The summed E-state index contributed by atoms with van der Waals surface area (Å²) in [5.74, 6) is 0.107. The van der Waals surface area contributed by atoms with Gasteiger partial charge in [-0.15, -0.1) is 0 Å². The molecule has 1 saturated heterocycles. The summed E-state index contributed by atoms with van der Waals surface area (Å²) in [6.07, 6.45) is 4.90. The number of fused-ring (bicyclic) bond motifs is 1. The van der Waals surface area contributed by atoms with E-state index in [2.05, 4.69) is 17.2 Å². The zero-order valence-corrected chi connectivity index (χ0v) is 19.7. The Bertz CT molecular complexity index is 1110. The molecule has 2 aliphatic rings. The minimum Gasteiger partial charge on any atom is -0.349 e. The topological polar surface area (TPSA) is 99.7 Å². The van der Waals surface area contributed by atoms with Crippen molar-refractivity contribution in [1.29, 1.82) is 0 Å². The van der Waals surface area contributed by atoms with Crippen LogP contribution in [0.25, 0.3) is 0 Å². The highest BCUT2D eigenvalue weighted by atomic mass is 32.2. The maximum absolute atomic E-state index is 13.2. The Morgan fingerprint density at radius 3 is 2.67 bits per heavy atom. The van der Waals surface area contributed by atoms with Crippen molar-refractivity contribution in [2.75, 3.05) is 24.5 Å². The van der Waals surface area contributed by atoms with Gasteiger partial charge in [0.2, 0.25) is 21.8 Å². The summed E-state index contributed by atoms with van der Waals surface area (Å²) >= 11 is 0. The van der Waals surface area contributed by atoms with E-state index in [4.69, 9.17) is 0 Å². The van der Waals surface area contributed by atoms with E-state index in [1.54, 1.807) is 34.8 Å². The van der Waals surface area contributed by atoms with Crippen molar-refractivity contribution in [3.63, 3.8) is 0 Å². The number of carbonyl (C=O) groups excluding carboxylic acids is 2. The molecule has 4 rings (SSSR count). The average molecular weight is 471 g/mol. The number of carbonyl (C=O) groups is 2. The van der Waals surface area contributed by atoms with E-state index in [9.17, 15) is 18.0 Å². The first-order chi connectivity index (χ1) is 15.8. The molecule has 1 fully saturated rings. The molecule has 0 atom stereocenters. The fourth-order valence-corrected chi connectivity index (χ4v) is 5.85. The molecular formula is C24H30N4O4S. The predicted octanol–water partition coefficient (Wildman–Crippen LogP) is 2.49. The van der Waals surface area contributed by atoms with E-state index >= 15 is 0 Å². The number of hydrogen-bond donors (Lipinski definition) is 1. The van der Waals surface area contributed by atoms with Gasteiger partial charge in [0.25, 0.3) is 0 Å². The molecule has 0 unspecified atom stereocenters. The van der Waals surface area contributed by atoms with Crippen LogP contribution in [0, 0.1) is 5.92 Å². The van der Waals surface area contributed by atoms with Crippen LogP contribution < -0.4 is 10.2 Å². The first-order valence-corrected chi connectivity index (χ1v) is 12.9. The van der Waals surface area contributed by atoms with E-state index in [1.807, 2.05) is 12.1 Å². The van der Waals surface area contributed by atoms with E-state index in [-0.39, 0.29) is 29.8 Å². The number of amides is 2. The number of piperidine rings is 1. The van der Waals surface area contributed by atoms with Crippen LogP contribution in [0.15, 0.2) is 47.5 Å². The highest BCUT2D eigenvalue weighted by molar-refractivity contribution is 7.89. The zero-order valence-electron chi connectivity index (χ0n) is 18.9. The van der Waals surface area contributed by atoms with Gasteiger partial charge < -0.3 is 10.2 Å². The Balaban J connectivity index is 1.51. The Hall–Kier alpha value is -2.78. The molecule has 2 aliphatic heterocycles. The summed E-state index contributed by atoms with van der Waals surface area (Å²) in [6, 6.07) is 10.4. The number of pyridine rings is 1. The lowest BCUT2D eigenvalue weighted by atomic mass is 10.0. The summed E-state index contributed by atoms with van der Waals surface area (Å²) in [7, 11) is -3.58. The van der Waals surface area contributed by atoms with Crippen molar-refractivity contribution >= 4 is 27.5 Å². The normalized spacial score (nSPS) is 18.0. The van der Waals surface area contributed by atoms with Crippen LogP contribution in [0.1, 0.15) is 43.9 Å². The van der Waals surface area contributed by atoms with Crippen molar-refractivity contribution in [3.8, 4) is 0 Å². The van der Waals surface area contributed by atoms with Gasteiger partial charge in [-0.05, 0) is 67.5 Å². The second kappa shape index (κ2) is 10.0. The largest absolute Gasteiger partial charge is 0.349 e. The van der Waals surface area contributed by atoms with Crippen LogP contribution in [0.5, 0.6) is 0 Å². The molecule has 0 radical (unpaired) electrons. The van der Waals surface area contributed by atoms with Crippen molar-refractivity contribution < 1.29 is 18.0 Å². The molecule has 3 heterocycles. The minimum atomic E-state index is -3.58. The van der Waals surface area contributed by atoms with Gasteiger partial charge in [-0.3, -0.25) is 14.6 Å². The molecule has 0 spiro atoms. The number of rotatable bonds is 6. The number of anilines is 1. The zero-order chi connectivity index (χ0) is 23.4. The second-order valence-electron chi connectivity index (χ2n) is 8.81. The molecule has 1 aromatic carbocycles. The highest BCUT2D eigenvalue weighted by Crippen LogP contribution is 2.31. The lowest BCUT2D eigenvalue weighted by molar-refractivity contribution is -0.123. The van der Waals surface area contributed by atoms with Crippen molar-refractivity contribution in [3.05, 3.63) is 53.9 Å². The second-order valence-corrected chi connectivity index (χ2v) is 10.7. The quantitative estimate of drug-likeness (QED) is 0.699. The van der Waals surface area contributed by atoms with Gasteiger partial charge in [0.05, 0.1) is 17.1 Å². The molecule has 33 heavy (non-hydrogen) atoms. The lowest BCUT2D eigenvalue weighted by Crippen LogP contribution is -2.40. The van der Waals surface area contributed by atoms with Gasteiger partial charge >= 0.3 is 0 Å². The predicted molar refractivity (Wildman–Crippen MR) is 125 cm³/mol. The third-order valence-corrected chi connectivity index (χ3v) is 8.25. The molecule has 0 saturated carbocycles. The van der Waals surface area contributed by atoms with Crippen molar-refractivity contribution in [2.24, 2.45) is 5.92 Å². The summed E-state index contributed by atoms with van der Waals surface area (Å²) in [6.45, 7) is 3.36. The highest BCUT2D eigenvalue weighted by Gasteiger charge is 2.30. The smallest absolute Gasteiger partial charge is 0.243 e. The fraction of sp³-hybridized carbons (Fsp3) is 0.458. The van der Waals surface area contributed by atoms with Gasteiger partial charge in [0.15, 0.2) is 0 Å². The molecule has 2 amide bonds. The number of aromatic nitrogens is 1. The first-order valence-electron chi connectivity index (χ1n) is 11.4. The Labute approximate surface area is 195 Å². The monoisotopic (exact) mass is 470 g/mol. The minimum absolute atomic E-state index is 0.116. The molecule has 8 nitrogen and oxygen atoms in total. The SMILES string of the molecule is CC1CCN(S(=O)(=O)c2ccc3c(c2)CCCC(=O)N3CC(=O)NCc2ccccn2)CC1. The Kier molecular flexibility index (Phi) is 7.09. The molecule has 176 valence electrons. The van der Waals surface area contributed by atoms with Crippen LogP contribution in [0.4, 0.5) is 5.69 Å². The van der Waals surface area contributed by atoms with Crippen LogP contribution in [0.2, 0.25) is 0 Å². The van der Waals surface area contributed by atoms with Gasteiger partial charge in [-0.2, -0.15) is 4.31 Å². The molecule has 0 bridgehead atoms. The standard InChI is InChI=1S/C24H30N4O4S/c1-18-10-13-27(14-11-18)33(31,32)21-8-9-22-19(15-21)5-4-7-24(30)28(22)17-23(29)26-16-20-6-2-3-12-25-20/h2-3,6,8-9,12,15,18H,4-5,7,10-11,13-14,16-17H2,1H3,(H,26,29). The lowest BCUT2D eigenvalue weighted by Gasteiger charge is -2.30. The summed E-state index contributed by atoms with van der Waals surface area (Å²) in [5.41, 5.74) is 2.12. The van der Waals surface area contributed by atoms with Crippen LogP contribution in [0.3, 0.4) is 0 Å². The van der Waals surface area contributed by atoms with E-state index in [1.165, 1.54) is 4.90 Å². The van der Waals surface area contributed by atoms with Crippen molar-refractivity contribution in [2.45, 2.75) is 50.5 Å². The van der Waals surface area contributed by atoms with E-state index in [0.29, 0.717) is 44.0 Å². The molecule has 1 N–H and O–H groups in total. The number of nitrogens with zero attached hydrogens (tertiary/aromatic N) is 3. The molecule has 0 aliphatic carbocycles. The number of benzene rings is 1. The third kappa shape index (κ3) is 5.42. The molecule has 1 aromatic heterocycles. The summed E-state index contributed by atoms with van der Waals surface area (Å²) in [4.78, 5) is 31.2. The summed E-state index contributed by atoms with van der Waals surface area (Å²) < 4.78 is 27.9. The van der Waals surface area contributed by atoms with Crippen molar-refractivity contribution in [1.82, 2.24) is 14.6 Å². The van der Waals surface area contributed by atoms with E-state index < -0.39 is 10.0 Å². The summed E-state index contributed by atoms with van der Waals surface area (Å²) in [5, 5.41) is 2.80. The van der Waals surface area contributed by atoms with Crippen LogP contribution in [-0.4, -0.2) is 49.2 Å². The van der Waals surface area contributed by atoms with Gasteiger partial charge in [0.1, 0.15) is 6.54 Å². The Morgan fingerprint density at radius 1 is 1.15 bits per heavy atom. The molecule has 2 aromatic rings. The molecular weight excluding hydrogens is 440 g/mol. The maximum atomic E-state index is 13.2. The van der Waals surface area contributed by atoms with Crippen LogP contribution in [-0.2, 0) is 32.6 Å². The fourth-order valence-electron chi connectivity index (χ4n) is 4.32. The average Bonchev–Trinajstić information content (AvgIpc) is 2.97. The molecule has 9 heteroatoms. The third-order valence-electron chi connectivity index (χ3n) is 6.35. The van der Waals surface area contributed by atoms with Gasteiger partial charge in [0, 0.05) is 31.4 Å². The number of hydrogen-bond acceptors (Lipinski definition) is 5. The van der Waals surface area contributed by atoms with Gasteiger partial charge in [-0.25, -0.2) is 8.42 Å². The number of sulfonamides is 1. The maximum Gasteiger partial charge on any atom is 0.243 e. The van der Waals surface area contributed by atoms with Crippen LogP contribution >= 0.6 is 0 Å². The number of nitrogens with one attached hydrogen (secondary N) is 1. The van der Waals surface area contributed by atoms with Gasteiger partial charge in [-0.1, -0.05) is 13.0 Å². The van der Waals surface area contributed by atoms with E-state index in [0.717, 1.165) is 24.1 Å². The number of aryl methyl sites for hydroxylation is 1. The Morgan fingerprint density at radius 2 is 1.94 bits per heavy atom. The first kappa shape index (κ1) is 23.4.